The zero-order valence-electron chi connectivity index (χ0n) is 15.4. The van der Waals surface area contributed by atoms with Crippen molar-refractivity contribution in [3.05, 3.63) is 59.3 Å². The minimum absolute atomic E-state index is 0.110. The number of rotatable bonds is 4. The lowest BCUT2D eigenvalue weighted by Gasteiger charge is -2.17. The van der Waals surface area contributed by atoms with Crippen LogP contribution in [0.2, 0.25) is 0 Å². The first-order chi connectivity index (χ1) is 13.4. The van der Waals surface area contributed by atoms with Gasteiger partial charge >= 0.3 is 5.97 Å². The number of H-pyrrole nitrogens is 1. The number of ether oxygens (including phenoxy) is 1. The summed E-state index contributed by atoms with van der Waals surface area (Å²) >= 11 is 1.42. The van der Waals surface area contributed by atoms with E-state index in [1.807, 2.05) is 31.2 Å². The fourth-order valence-electron chi connectivity index (χ4n) is 3.29. The first kappa shape index (κ1) is 18.3. The molecule has 6 nitrogen and oxygen atoms in total. The predicted octanol–water partition coefficient (Wildman–Crippen LogP) is 3.95. The van der Waals surface area contributed by atoms with E-state index in [2.05, 4.69) is 10.3 Å². The van der Waals surface area contributed by atoms with Crippen LogP contribution in [0.3, 0.4) is 0 Å². The van der Waals surface area contributed by atoms with Gasteiger partial charge in [-0.05, 0) is 38.1 Å². The molecule has 2 aromatic carbocycles. The third-order valence-electron chi connectivity index (χ3n) is 4.64. The van der Waals surface area contributed by atoms with Gasteiger partial charge in [-0.2, -0.15) is 0 Å². The number of thioether (sulfide) groups is 1. The molecule has 0 radical (unpaired) electrons. The predicted molar refractivity (Wildman–Crippen MR) is 108 cm³/mol. The maximum absolute atomic E-state index is 12.9. The van der Waals surface area contributed by atoms with Crippen molar-refractivity contribution in [3.8, 4) is 0 Å². The number of ketones is 1. The highest BCUT2D eigenvalue weighted by molar-refractivity contribution is 8.00. The lowest BCUT2D eigenvalue weighted by atomic mass is 10.0. The number of aromatic amines is 1. The zero-order valence-corrected chi connectivity index (χ0v) is 16.2. The summed E-state index contributed by atoms with van der Waals surface area (Å²) < 4.78 is 5.42. The molecular weight excluding hydrogens is 376 g/mol. The first-order valence-corrected chi connectivity index (χ1v) is 9.82. The molecular formula is C21H18N2O4S. The van der Waals surface area contributed by atoms with Crippen molar-refractivity contribution < 1.29 is 19.1 Å². The van der Waals surface area contributed by atoms with Crippen LogP contribution in [0.1, 0.15) is 33.3 Å². The quantitative estimate of drug-likeness (QED) is 0.517. The van der Waals surface area contributed by atoms with Gasteiger partial charge in [0.25, 0.3) is 0 Å². The number of aryl methyl sites for hydroxylation is 1. The highest BCUT2D eigenvalue weighted by Gasteiger charge is 2.25. The molecule has 1 aromatic heterocycles. The third kappa shape index (κ3) is 3.29. The third-order valence-corrected chi connectivity index (χ3v) is 5.71. The van der Waals surface area contributed by atoms with E-state index < -0.39 is 12.1 Å². The number of Topliss-reactive ketones (excluding diaryl/α,β-unsaturated/α-hetero) is 1. The molecule has 4 rings (SSSR count). The van der Waals surface area contributed by atoms with Crippen molar-refractivity contribution >= 4 is 46.0 Å². The van der Waals surface area contributed by atoms with Crippen LogP contribution in [0.25, 0.3) is 10.9 Å². The van der Waals surface area contributed by atoms with Gasteiger partial charge in [0.1, 0.15) is 0 Å². The second kappa shape index (κ2) is 7.16. The molecule has 3 aromatic rings. The van der Waals surface area contributed by atoms with Crippen LogP contribution in [0.15, 0.2) is 47.4 Å². The number of hydrogen-bond acceptors (Lipinski definition) is 5. The van der Waals surface area contributed by atoms with Crippen LogP contribution < -0.4 is 5.32 Å². The molecule has 1 atom stereocenters. The molecule has 28 heavy (non-hydrogen) atoms. The molecule has 0 unspecified atom stereocenters. The molecule has 7 heteroatoms. The van der Waals surface area contributed by atoms with E-state index in [0.717, 1.165) is 21.5 Å². The van der Waals surface area contributed by atoms with Gasteiger partial charge in [0, 0.05) is 27.1 Å². The fraction of sp³-hybridized carbons (Fsp3) is 0.190. The van der Waals surface area contributed by atoms with Gasteiger partial charge in [0.2, 0.25) is 11.7 Å². The summed E-state index contributed by atoms with van der Waals surface area (Å²) in [6, 6.07) is 12.5. The normalized spacial score (nSPS) is 14.3. The monoisotopic (exact) mass is 394 g/mol. The number of carbonyl (C=O) groups excluding carboxylic acids is 3. The Bertz CT molecular complexity index is 1120. The Balaban J connectivity index is 1.54. The van der Waals surface area contributed by atoms with Gasteiger partial charge in [0.05, 0.1) is 17.0 Å². The van der Waals surface area contributed by atoms with Gasteiger partial charge in [-0.25, -0.2) is 4.79 Å². The van der Waals surface area contributed by atoms with E-state index >= 15 is 0 Å². The van der Waals surface area contributed by atoms with Gasteiger partial charge in [-0.3, -0.25) is 9.59 Å². The number of nitrogens with one attached hydrogen (secondary N) is 2. The second-order valence-electron chi connectivity index (χ2n) is 6.63. The molecule has 0 saturated heterocycles. The Morgan fingerprint density at radius 3 is 2.79 bits per heavy atom. The average molecular weight is 394 g/mol. The zero-order chi connectivity index (χ0) is 19.8. The number of fused-ring (bicyclic) bond motifs is 2. The smallest absolute Gasteiger partial charge is 0.338 e. The van der Waals surface area contributed by atoms with Crippen LogP contribution in [-0.2, 0) is 9.53 Å². The highest BCUT2D eigenvalue weighted by atomic mass is 32.2. The SMILES string of the molecule is Cc1[nH]c2ccccc2c1C(=O)[C@H](C)OC(=O)c1ccc2c(c1)NC(=O)CS2. The summed E-state index contributed by atoms with van der Waals surface area (Å²) in [5.41, 5.74) is 3.01. The molecule has 0 spiro atoms. The minimum Gasteiger partial charge on any atom is -0.451 e. The maximum atomic E-state index is 12.9. The Kier molecular flexibility index (Phi) is 4.68. The average Bonchev–Trinajstić information content (AvgIpc) is 3.02. The number of para-hydroxylation sites is 1. The second-order valence-corrected chi connectivity index (χ2v) is 7.65. The number of carbonyl (C=O) groups is 3. The number of anilines is 1. The van der Waals surface area contributed by atoms with E-state index in [4.69, 9.17) is 4.74 Å². The van der Waals surface area contributed by atoms with Gasteiger partial charge in [-0.1, -0.05) is 18.2 Å². The van der Waals surface area contributed by atoms with Crippen molar-refractivity contribution in [2.45, 2.75) is 24.8 Å². The minimum atomic E-state index is -0.939. The largest absolute Gasteiger partial charge is 0.451 e. The van der Waals surface area contributed by atoms with Crippen LogP contribution >= 0.6 is 11.8 Å². The molecule has 0 saturated carbocycles. The van der Waals surface area contributed by atoms with Crippen LogP contribution in [0.4, 0.5) is 5.69 Å². The molecule has 1 aliphatic rings. The number of esters is 1. The topological polar surface area (TPSA) is 88.3 Å². The summed E-state index contributed by atoms with van der Waals surface area (Å²) in [5, 5.41) is 3.55. The molecule has 2 heterocycles. The standard InChI is InChI=1S/C21H18N2O4S/c1-11-19(14-5-3-4-6-15(14)22-11)20(25)12(2)27-21(26)13-7-8-17-16(9-13)23-18(24)10-28-17/h3-9,12,22H,10H2,1-2H3,(H,23,24)/t12-/m0/s1. The number of hydrogen-bond donors (Lipinski definition) is 2. The summed E-state index contributed by atoms with van der Waals surface area (Å²) in [4.78, 5) is 41.1. The molecule has 142 valence electrons. The van der Waals surface area contributed by atoms with E-state index in [1.165, 1.54) is 11.8 Å². The summed E-state index contributed by atoms with van der Waals surface area (Å²) in [6.07, 6.45) is -0.939. The summed E-state index contributed by atoms with van der Waals surface area (Å²) in [7, 11) is 0. The molecule has 0 fully saturated rings. The van der Waals surface area contributed by atoms with Crippen LogP contribution in [-0.4, -0.2) is 34.5 Å². The van der Waals surface area contributed by atoms with E-state index in [0.29, 0.717) is 17.0 Å². The number of aromatic nitrogens is 1. The Hall–Kier alpha value is -3.06. The lowest BCUT2D eigenvalue weighted by molar-refractivity contribution is -0.113. The van der Waals surface area contributed by atoms with Crippen molar-refractivity contribution in [3.63, 3.8) is 0 Å². The Morgan fingerprint density at radius 1 is 1.18 bits per heavy atom. The van der Waals surface area contributed by atoms with Gasteiger partial charge < -0.3 is 15.0 Å². The maximum Gasteiger partial charge on any atom is 0.338 e. The molecule has 0 aliphatic carbocycles. The fourth-order valence-corrected chi connectivity index (χ4v) is 4.08. The summed E-state index contributed by atoms with van der Waals surface area (Å²) in [5.74, 6) is -0.621. The molecule has 1 aliphatic heterocycles. The van der Waals surface area contributed by atoms with Gasteiger partial charge in [-0.15, -0.1) is 11.8 Å². The highest BCUT2D eigenvalue weighted by Crippen LogP contribution is 2.32. The Labute approximate surface area is 165 Å². The number of benzene rings is 2. The Morgan fingerprint density at radius 2 is 1.96 bits per heavy atom. The van der Waals surface area contributed by atoms with Crippen LogP contribution in [0, 0.1) is 6.92 Å². The van der Waals surface area contributed by atoms with Crippen LogP contribution in [0.5, 0.6) is 0 Å². The van der Waals surface area contributed by atoms with Crippen molar-refractivity contribution in [2.75, 3.05) is 11.1 Å². The van der Waals surface area contributed by atoms with Gasteiger partial charge in [0.15, 0.2) is 6.10 Å². The van der Waals surface area contributed by atoms with Crippen molar-refractivity contribution in [2.24, 2.45) is 0 Å². The van der Waals surface area contributed by atoms with E-state index in [1.54, 1.807) is 25.1 Å². The number of amides is 1. The van der Waals surface area contributed by atoms with Crippen molar-refractivity contribution in [1.82, 2.24) is 4.98 Å². The lowest BCUT2D eigenvalue weighted by Crippen LogP contribution is -2.25. The molecule has 2 N–H and O–H groups in total. The van der Waals surface area contributed by atoms with E-state index in [-0.39, 0.29) is 17.3 Å². The summed E-state index contributed by atoms with van der Waals surface area (Å²) in [6.45, 7) is 3.39. The first-order valence-electron chi connectivity index (χ1n) is 8.83. The van der Waals surface area contributed by atoms with Crippen molar-refractivity contribution in [1.29, 1.82) is 0 Å². The molecule has 0 bridgehead atoms. The molecule has 1 amide bonds. The van der Waals surface area contributed by atoms with E-state index in [9.17, 15) is 14.4 Å².